The Morgan fingerprint density at radius 1 is 1.15 bits per heavy atom. The first-order valence-corrected chi connectivity index (χ1v) is 7.30. The number of nitrogens with two attached hydrogens (primary N) is 1. The maximum absolute atomic E-state index is 6.34. The molecule has 0 bridgehead atoms. The molecule has 2 aromatic carbocycles. The zero-order valence-electron chi connectivity index (χ0n) is 12.2. The third-order valence-corrected chi connectivity index (χ3v) is 3.74. The van der Waals surface area contributed by atoms with Crippen LogP contribution in [0.2, 0.25) is 5.02 Å². The standard InChI is InChI=1S/C17H21ClN2/c1-4-20(14-7-5-6-12(2)10-14)15-8-9-16(13(3)19)17(18)11-15/h5-11,13H,4,19H2,1-3H3. The first-order chi connectivity index (χ1) is 9.52. The minimum atomic E-state index is -0.0504. The summed E-state index contributed by atoms with van der Waals surface area (Å²) in [6.07, 6.45) is 0. The lowest BCUT2D eigenvalue weighted by atomic mass is 10.1. The summed E-state index contributed by atoms with van der Waals surface area (Å²) in [4.78, 5) is 2.24. The van der Waals surface area contributed by atoms with Crippen LogP contribution in [-0.2, 0) is 0 Å². The van der Waals surface area contributed by atoms with Gasteiger partial charge >= 0.3 is 0 Å². The highest BCUT2D eigenvalue weighted by Crippen LogP contribution is 2.31. The van der Waals surface area contributed by atoms with Crippen LogP contribution in [0.25, 0.3) is 0 Å². The second-order valence-electron chi connectivity index (χ2n) is 5.08. The number of hydrogen-bond donors (Lipinski definition) is 1. The zero-order valence-corrected chi connectivity index (χ0v) is 13.0. The number of nitrogens with zero attached hydrogens (tertiary/aromatic N) is 1. The van der Waals surface area contributed by atoms with Crippen molar-refractivity contribution in [2.75, 3.05) is 11.4 Å². The summed E-state index contributed by atoms with van der Waals surface area (Å²) < 4.78 is 0. The van der Waals surface area contributed by atoms with E-state index in [2.05, 4.69) is 49.1 Å². The Hall–Kier alpha value is -1.51. The van der Waals surface area contributed by atoms with Crippen molar-refractivity contribution in [1.82, 2.24) is 0 Å². The minimum absolute atomic E-state index is 0.0504. The highest BCUT2D eigenvalue weighted by Gasteiger charge is 2.11. The summed E-state index contributed by atoms with van der Waals surface area (Å²) in [5.41, 5.74) is 10.4. The summed E-state index contributed by atoms with van der Waals surface area (Å²) >= 11 is 6.34. The van der Waals surface area contributed by atoms with Crippen LogP contribution in [0.1, 0.15) is 31.0 Å². The third kappa shape index (κ3) is 3.14. The smallest absolute Gasteiger partial charge is 0.0474 e. The molecule has 0 aliphatic rings. The van der Waals surface area contributed by atoms with E-state index < -0.39 is 0 Å². The van der Waals surface area contributed by atoms with E-state index in [1.54, 1.807) is 0 Å². The number of aryl methyl sites for hydroxylation is 1. The van der Waals surface area contributed by atoms with Gasteiger partial charge in [0, 0.05) is 29.0 Å². The van der Waals surface area contributed by atoms with Gasteiger partial charge < -0.3 is 10.6 Å². The first-order valence-electron chi connectivity index (χ1n) is 6.92. The lowest BCUT2D eigenvalue weighted by Gasteiger charge is -2.24. The molecule has 1 unspecified atom stereocenters. The van der Waals surface area contributed by atoms with Crippen LogP contribution in [0.3, 0.4) is 0 Å². The fraction of sp³-hybridized carbons (Fsp3) is 0.294. The molecule has 0 aliphatic heterocycles. The number of anilines is 2. The SMILES string of the molecule is CCN(c1cccc(C)c1)c1ccc(C(C)N)c(Cl)c1. The van der Waals surface area contributed by atoms with Gasteiger partial charge in [-0.25, -0.2) is 0 Å². The Kier molecular flexibility index (Phi) is 4.69. The number of rotatable bonds is 4. The van der Waals surface area contributed by atoms with E-state index in [4.69, 9.17) is 17.3 Å². The quantitative estimate of drug-likeness (QED) is 0.873. The topological polar surface area (TPSA) is 29.3 Å². The lowest BCUT2D eigenvalue weighted by molar-refractivity contribution is 0.818. The van der Waals surface area contributed by atoms with E-state index in [0.29, 0.717) is 0 Å². The minimum Gasteiger partial charge on any atom is -0.342 e. The Bertz CT molecular complexity index is 593. The zero-order chi connectivity index (χ0) is 14.7. The Balaban J connectivity index is 2.40. The van der Waals surface area contributed by atoms with Crippen LogP contribution in [0, 0.1) is 6.92 Å². The normalized spacial score (nSPS) is 12.2. The van der Waals surface area contributed by atoms with Crippen molar-refractivity contribution in [2.24, 2.45) is 5.73 Å². The van der Waals surface area contributed by atoms with E-state index in [1.165, 1.54) is 11.3 Å². The molecular weight excluding hydrogens is 268 g/mol. The number of benzene rings is 2. The van der Waals surface area contributed by atoms with Gasteiger partial charge in [-0.05, 0) is 56.2 Å². The van der Waals surface area contributed by atoms with Crippen molar-refractivity contribution in [3.05, 3.63) is 58.6 Å². The van der Waals surface area contributed by atoms with Crippen LogP contribution in [0.4, 0.5) is 11.4 Å². The molecule has 106 valence electrons. The average Bonchev–Trinajstić information content (AvgIpc) is 2.39. The van der Waals surface area contributed by atoms with E-state index in [9.17, 15) is 0 Å². The van der Waals surface area contributed by atoms with Crippen molar-refractivity contribution in [1.29, 1.82) is 0 Å². The van der Waals surface area contributed by atoms with Crippen molar-refractivity contribution in [3.63, 3.8) is 0 Å². The molecule has 20 heavy (non-hydrogen) atoms. The summed E-state index contributed by atoms with van der Waals surface area (Å²) in [6, 6.07) is 14.5. The molecule has 3 heteroatoms. The molecule has 0 heterocycles. The van der Waals surface area contributed by atoms with Gasteiger partial charge in [0.1, 0.15) is 0 Å². The van der Waals surface area contributed by atoms with Gasteiger partial charge in [-0.2, -0.15) is 0 Å². The maximum Gasteiger partial charge on any atom is 0.0474 e. The highest BCUT2D eigenvalue weighted by atomic mass is 35.5. The largest absolute Gasteiger partial charge is 0.342 e. The molecule has 0 spiro atoms. The number of hydrogen-bond acceptors (Lipinski definition) is 2. The molecule has 0 aliphatic carbocycles. The monoisotopic (exact) mass is 288 g/mol. The van der Waals surface area contributed by atoms with Gasteiger partial charge in [0.15, 0.2) is 0 Å². The molecule has 0 aromatic heterocycles. The molecule has 2 rings (SSSR count). The van der Waals surface area contributed by atoms with Crippen molar-refractivity contribution in [2.45, 2.75) is 26.8 Å². The second kappa shape index (κ2) is 6.29. The fourth-order valence-corrected chi connectivity index (χ4v) is 2.71. The van der Waals surface area contributed by atoms with Crippen molar-refractivity contribution < 1.29 is 0 Å². The predicted molar refractivity (Wildman–Crippen MR) is 87.9 cm³/mol. The van der Waals surface area contributed by atoms with Gasteiger partial charge in [0.05, 0.1) is 0 Å². The molecule has 0 saturated heterocycles. The van der Waals surface area contributed by atoms with Crippen LogP contribution in [0.15, 0.2) is 42.5 Å². The van der Waals surface area contributed by atoms with E-state index in [-0.39, 0.29) is 6.04 Å². The first kappa shape index (κ1) is 14.9. The Labute approximate surface area is 126 Å². The van der Waals surface area contributed by atoms with Crippen LogP contribution in [-0.4, -0.2) is 6.54 Å². The van der Waals surface area contributed by atoms with Crippen molar-refractivity contribution in [3.8, 4) is 0 Å². The highest BCUT2D eigenvalue weighted by molar-refractivity contribution is 6.31. The Morgan fingerprint density at radius 3 is 2.40 bits per heavy atom. The van der Waals surface area contributed by atoms with E-state index in [0.717, 1.165) is 22.8 Å². The van der Waals surface area contributed by atoms with Gasteiger partial charge in [0.25, 0.3) is 0 Å². The van der Waals surface area contributed by atoms with Gasteiger partial charge in [-0.3, -0.25) is 0 Å². The van der Waals surface area contributed by atoms with E-state index in [1.807, 2.05) is 19.1 Å². The van der Waals surface area contributed by atoms with Gasteiger partial charge in [0.2, 0.25) is 0 Å². The third-order valence-electron chi connectivity index (χ3n) is 3.42. The fourth-order valence-electron chi connectivity index (χ4n) is 2.36. The summed E-state index contributed by atoms with van der Waals surface area (Å²) in [6.45, 7) is 7.07. The summed E-state index contributed by atoms with van der Waals surface area (Å²) in [5.74, 6) is 0. The molecule has 0 radical (unpaired) electrons. The van der Waals surface area contributed by atoms with Crippen LogP contribution < -0.4 is 10.6 Å². The molecule has 0 saturated carbocycles. The molecular formula is C17H21ClN2. The number of halogens is 1. The molecule has 1 atom stereocenters. The predicted octanol–water partition coefficient (Wildman–Crippen LogP) is 4.83. The summed E-state index contributed by atoms with van der Waals surface area (Å²) in [7, 11) is 0. The van der Waals surface area contributed by atoms with Gasteiger partial charge in [-0.15, -0.1) is 0 Å². The molecule has 2 aromatic rings. The molecule has 0 fully saturated rings. The van der Waals surface area contributed by atoms with E-state index >= 15 is 0 Å². The lowest BCUT2D eigenvalue weighted by Crippen LogP contribution is -2.16. The Morgan fingerprint density at radius 2 is 1.85 bits per heavy atom. The molecule has 2 nitrogen and oxygen atoms in total. The van der Waals surface area contributed by atoms with Crippen LogP contribution >= 0.6 is 11.6 Å². The van der Waals surface area contributed by atoms with Gasteiger partial charge in [-0.1, -0.05) is 29.8 Å². The van der Waals surface area contributed by atoms with Crippen molar-refractivity contribution >= 4 is 23.0 Å². The van der Waals surface area contributed by atoms with Crippen LogP contribution in [0.5, 0.6) is 0 Å². The second-order valence-corrected chi connectivity index (χ2v) is 5.48. The average molecular weight is 289 g/mol. The molecule has 0 amide bonds. The molecule has 2 N–H and O–H groups in total. The summed E-state index contributed by atoms with van der Waals surface area (Å²) in [5, 5.41) is 0.726. The maximum atomic E-state index is 6.34.